The van der Waals surface area contributed by atoms with Gasteiger partial charge in [0.25, 0.3) is 0 Å². The van der Waals surface area contributed by atoms with E-state index in [1.54, 1.807) is 18.2 Å². The predicted molar refractivity (Wildman–Crippen MR) is 74.0 cm³/mol. The maximum absolute atomic E-state index is 9.96. The van der Waals surface area contributed by atoms with Crippen LogP contribution in [0.2, 0.25) is 0 Å². The third kappa shape index (κ3) is 20.6. The minimum atomic E-state index is 0.121. The van der Waals surface area contributed by atoms with Crippen LogP contribution in [0.15, 0.2) is 49.1 Å². The zero-order valence-electron chi connectivity index (χ0n) is 11.1. The summed E-state index contributed by atoms with van der Waals surface area (Å²) in [5.41, 5.74) is 0.955. The van der Waals surface area contributed by atoms with Crippen LogP contribution < -0.4 is 0 Å². The molecule has 0 fully saturated rings. The first-order valence-electron chi connectivity index (χ1n) is 5.42. The normalized spacial score (nSPS) is 9.53. The van der Waals surface area contributed by atoms with Gasteiger partial charge in [-0.15, -0.1) is 0 Å². The van der Waals surface area contributed by atoms with Crippen molar-refractivity contribution in [1.29, 1.82) is 0 Å². The van der Waals surface area contributed by atoms with Gasteiger partial charge in [-0.2, -0.15) is 0 Å². The maximum Gasteiger partial charge on any atom is 0.145 e. The van der Waals surface area contributed by atoms with E-state index in [9.17, 15) is 4.79 Å². The fourth-order valence-corrected chi connectivity index (χ4v) is 0.720. The maximum atomic E-state index is 9.96. The summed E-state index contributed by atoms with van der Waals surface area (Å²) >= 11 is 0. The third-order valence-electron chi connectivity index (χ3n) is 1.23. The molecule has 0 radical (unpaired) electrons. The summed E-state index contributed by atoms with van der Waals surface area (Å²) in [4.78, 5) is 9.96. The number of rotatable bonds is 7. The number of aliphatic hydroxyl groups excluding tert-OH is 1. The summed E-state index contributed by atoms with van der Waals surface area (Å²) in [5.74, 6) is 0. The molecule has 0 bridgehead atoms. The number of hydrogen-bond acceptors (Lipinski definition) is 3. The lowest BCUT2D eigenvalue weighted by Crippen LogP contribution is -1.98. The first kappa shape index (κ1) is 20.9. The van der Waals surface area contributed by atoms with Gasteiger partial charge in [0.05, 0.1) is 6.61 Å². The molecule has 0 amide bonds. The smallest absolute Gasteiger partial charge is 0.145 e. The van der Waals surface area contributed by atoms with Crippen LogP contribution in [0.25, 0.3) is 0 Å². The average Bonchev–Trinajstić information content (AvgIpc) is 2.41. The highest BCUT2D eigenvalue weighted by molar-refractivity contribution is 5.50. The number of aldehydes is 1. The Bertz CT molecular complexity index is 228. The molecule has 1 N–H and O–H groups in total. The van der Waals surface area contributed by atoms with E-state index < -0.39 is 0 Å². The number of ether oxygens (including phenoxy) is 1. The minimum absolute atomic E-state index is 0.121. The summed E-state index contributed by atoms with van der Waals surface area (Å²) in [5, 5.41) is 7.00. The van der Waals surface area contributed by atoms with Crippen molar-refractivity contribution >= 4 is 6.29 Å². The van der Waals surface area contributed by atoms with E-state index in [0.717, 1.165) is 19.0 Å². The monoisotopic (exact) mass is 240 g/mol. The van der Waals surface area contributed by atoms with Crippen molar-refractivity contribution in [2.24, 2.45) is 0 Å². The molecule has 0 rings (SSSR count). The van der Waals surface area contributed by atoms with Crippen LogP contribution in [0.3, 0.4) is 0 Å². The van der Waals surface area contributed by atoms with Gasteiger partial charge in [0.2, 0.25) is 0 Å². The van der Waals surface area contributed by atoms with E-state index in [1.807, 2.05) is 26.0 Å². The second-order valence-electron chi connectivity index (χ2n) is 2.25. The van der Waals surface area contributed by atoms with Gasteiger partial charge in [-0.3, -0.25) is 0 Å². The van der Waals surface area contributed by atoms with Crippen LogP contribution in [0.4, 0.5) is 0 Å². The van der Waals surface area contributed by atoms with Gasteiger partial charge in [0.15, 0.2) is 0 Å². The number of carbonyl (C=O) groups is 1. The molecule has 0 saturated heterocycles. The van der Waals surface area contributed by atoms with Crippen LogP contribution in [0, 0.1) is 0 Å². The molecule has 0 aromatic rings. The minimum Gasteiger partial charge on any atom is -0.400 e. The van der Waals surface area contributed by atoms with Crippen molar-refractivity contribution in [3.8, 4) is 0 Å². The Kier molecular flexibility index (Phi) is 29.5. The second-order valence-corrected chi connectivity index (χ2v) is 2.25. The van der Waals surface area contributed by atoms with Crippen molar-refractivity contribution in [3.63, 3.8) is 0 Å². The summed E-state index contributed by atoms with van der Waals surface area (Å²) < 4.78 is 5.02. The van der Waals surface area contributed by atoms with Crippen molar-refractivity contribution in [2.45, 2.75) is 13.8 Å². The zero-order valence-corrected chi connectivity index (χ0v) is 11.1. The van der Waals surface area contributed by atoms with Gasteiger partial charge >= 0.3 is 0 Å². The number of allylic oxidation sites excluding steroid dienone is 4. The molecule has 0 heterocycles. The molecule has 0 atom stereocenters. The highest BCUT2D eigenvalue weighted by Crippen LogP contribution is 1.98. The molecule has 0 aromatic carbocycles. The Morgan fingerprint density at radius 2 is 1.82 bits per heavy atom. The molecule has 3 heteroatoms. The number of hydrogen-bond donors (Lipinski definition) is 1. The predicted octanol–water partition coefficient (Wildman–Crippen LogP) is 2.69. The molecule has 0 aromatic heterocycles. The van der Waals surface area contributed by atoms with Crippen molar-refractivity contribution in [2.75, 3.05) is 20.3 Å². The summed E-state index contributed by atoms with van der Waals surface area (Å²) in [7, 11) is 1.00. The largest absolute Gasteiger partial charge is 0.400 e. The van der Waals surface area contributed by atoms with Crippen LogP contribution >= 0.6 is 0 Å². The second kappa shape index (κ2) is 24.0. The molecule has 0 aliphatic rings. The average molecular weight is 240 g/mol. The van der Waals surface area contributed by atoms with Gasteiger partial charge in [-0.05, 0) is 5.57 Å². The highest BCUT2D eigenvalue weighted by atomic mass is 16.5. The summed E-state index contributed by atoms with van der Waals surface area (Å²) in [6.07, 6.45) is 9.57. The number of aliphatic hydroxyl groups is 1. The Balaban J connectivity index is -0.000000439. The molecule has 0 aliphatic heterocycles. The lowest BCUT2D eigenvalue weighted by atomic mass is 10.2. The van der Waals surface area contributed by atoms with Gasteiger partial charge in [-0.1, -0.05) is 57.4 Å². The van der Waals surface area contributed by atoms with Gasteiger partial charge in [0, 0.05) is 7.11 Å². The fraction of sp³-hybridized carbons (Fsp3) is 0.357. The molecule has 3 nitrogen and oxygen atoms in total. The third-order valence-corrected chi connectivity index (χ3v) is 1.23. The van der Waals surface area contributed by atoms with E-state index >= 15 is 0 Å². The first-order valence-corrected chi connectivity index (χ1v) is 5.42. The van der Waals surface area contributed by atoms with Crippen LogP contribution in [0.1, 0.15) is 13.8 Å². The topological polar surface area (TPSA) is 46.5 Å². The van der Waals surface area contributed by atoms with Crippen molar-refractivity contribution in [3.05, 3.63) is 49.1 Å². The zero-order chi connectivity index (χ0) is 13.9. The van der Waals surface area contributed by atoms with Gasteiger partial charge < -0.3 is 14.6 Å². The molecule has 0 unspecified atom stereocenters. The molecular formula is C14H24O3. The Hall–Kier alpha value is -1.45. The highest BCUT2D eigenvalue weighted by Gasteiger charge is 1.90. The Morgan fingerprint density at radius 3 is 2.24 bits per heavy atom. The standard InChI is InChI=1S/C11H14O2.C2H6.CH4O/c1-3-5-7-11(6-4-2)10-13-9-8-12;2*1-2/h3-8H,1-2,9-10H2;1-2H3;2H,1H3/b7-5-,11-6+;;. The molecule has 98 valence electrons. The van der Waals surface area contributed by atoms with Crippen LogP contribution in [-0.4, -0.2) is 31.7 Å². The molecule has 17 heavy (non-hydrogen) atoms. The Labute approximate surface area is 105 Å². The Morgan fingerprint density at radius 1 is 1.24 bits per heavy atom. The van der Waals surface area contributed by atoms with E-state index in [-0.39, 0.29) is 6.61 Å². The number of carbonyl (C=O) groups excluding carboxylic acids is 1. The molecular weight excluding hydrogens is 216 g/mol. The van der Waals surface area contributed by atoms with Gasteiger partial charge in [-0.25, -0.2) is 0 Å². The lowest BCUT2D eigenvalue weighted by molar-refractivity contribution is -0.111. The van der Waals surface area contributed by atoms with Crippen molar-refractivity contribution < 1.29 is 14.6 Å². The van der Waals surface area contributed by atoms with E-state index in [1.165, 1.54) is 0 Å². The van der Waals surface area contributed by atoms with Gasteiger partial charge in [0.1, 0.15) is 12.9 Å². The lowest BCUT2D eigenvalue weighted by Gasteiger charge is -1.99. The van der Waals surface area contributed by atoms with E-state index in [0.29, 0.717) is 6.61 Å². The first-order chi connectivity index (χ1) is 8.35. The molecule has 0 spiro atoms. The van der Waals surface area contributed by atoms with E-state index in [4.69, 9.17) is 9.84 Å². The van der Waals surface area contributed by atoms with E-state index in [2.05, 4.69) is 13.2 Å². The quantitative estimate of drug-likeness (QED) is 0.423. The summed E-state index contributed by atoms with van der Waals surface area (Å²) in [6, 6.07) is 0. The molecule has 0 saturated carbocycles. The molecule has 0 aliphatic carbocycles. The van der Waals surface area contributed by atoms with Crippen LogP contribution in [0.5, 0.6) is 0 Å². The van der Waals surface area contributed by atoms with Crippen molar-refractivity contribution in [1.82, 2.24) is 0 Å². The fourth-order valence-electron chi connectivity index (χ4n) is 0.720. The van der Waals surface area contributed by atoms with Crippen LogP contribution in [-0.2, 0) is 9.53 Å². The SMILES string of the molecule is C=C/C=C\C(=C/C=C)COCC=O.CC.CO. The summed E-state index contributed by atoms with van der Waals surface area (Å²) in [6.45, 7) is 11.7.